The van der Waals surface area contributed by atoms with Crippen molar-refractivity contribution in [3.8, 4) is 0 Å². The van der Waals surface area contributed by atoms with Crippen LogP contribution < -0.4 is 10.0 Å². The average Bonchev–Trinajstić information content (AvgIpc) is 2.87. The molecule has 0 heterocycles. The van der Waals surface area contributed by atoms with E-state index >= 15 is 0 Å². The van der Waals surface area contributed by atoms with Gasteiger partial charge in [-0.1, -0.05) is 78.9 Å². The van der Waals surface area contributed by atoms with E-state index in [0.29, 0.717) is 18.4 Å². The molecule has 0 fully saturated rings. The number of rotatable bonds is 8. The minimum absolute atomic E-state index is 0.0652. The first-order chi connectivity index (χ1) is 16.5. The zero-order chi connectivity index (χ0) is 23.5. The number of amides is 1. The van der Waals surface area contributed by atoms with Crippen molar-refractivity contribution in [3.05, 3.63) is 112 Å². The Hall–Kier alpha value is -3.22. The fourth-order valence-electron chi connectivity index (χ4n) is 5.38. The van der Waals surface area contributed by atoms with Gasteiger partial charge in [0.15, 0.2) is 0 Å². The summed E-state index contributed by atoms with van der Waals surface area (Å²) in [6.07, 6.45) is 2.65. The number of sulfonamides is 1. The molecule has 0 aromatic heterocycles. The molecule has 3 aliphatic carbocycles. The Kier molecular flexibility index (Phi) is 6.35. The number of hydrogen-bond donors (Lipinski definition) is 2. The molecule has 34 heavy (non-hydrogen) atoms. The Balaban J connectivity index is 1.16. The van der Waals surface area contributed by atoms with Crippen molar-refractivity contribution in [1.82, 2.24) is 10.0 Å². The van der Waals surface area contributed by atoms with Gasteiger partial charge in [0.1, 0.15) is 0 Å². The quantitative estimate of drug-likeness (QED) is 0.511. The summed E-state index contributed by atoms with van der Waals surface area (Å²) in [7, 11) is -3.60. The standard InChI is InChI=1S/C28H28N2O3S/c31-27(14-16-30-34(32,33)17-15-20-8-2-1-3-9-20)29-19-21-18-26-22-10-4-6-12-24(22)28(21)25-13-7-5-11-23(25)26/h1-13,15,17,21,26,28,30H,14,16,18-19H2,(H,29,31). The van der Waals surface area contributed by atoms with Crippen LogP contribution in [0, 0.1) is 5.92 Å². The summed E-state index contributed by atoms with van der Waals surface area (Å²) in [5, 5.41) is 4.18. The summed E-state index contributed by atoms with van der Waals surface area (Å²) in [5.41, 5.74) is 6.36. The molecule has 174 valence electrons. The normalized spacial score (nSPS) is 20.6. The van der Waals surface area contributed by atoms with Crippen LogP contribution in [0.5, 0.6) is 0 Å². The van der Waals surface area contributed by atoms with Gasteiger partial charge in [0.25, 0.3) is 0 Å². The monoisotopic (exact) mass is 472 g/mol. The highest BCUT2D eigenvalue weighted by Gasteiger charge is 2.42. The van der Waals surface area contributed by atoms with Crippen LogP contribution in [-0.4, -0.2) is 27.4 Å². The molecule has 6 heteroatoms. The second-order valence-corrected chi connectivity index (χ2v) is 10.6. The minimum Gasteiger partial charge on any atom is -0.356 e. The van der Waals surface area contributed by atoms with E-state index in [-0.39, 0.29) is 24.8 Å². The molecular formula is C28H28N2O3S. The predicted octanol–water partition coefficient (Wildman–Crippen LogP) is 4.38. The Morgan fingerprint density at radius 3 is 2.09 bits per heavy atom. The van der Waals surface area contributed by atoms with Gasteiger partial charge in [-0.15, -0.1) is 0 Å². The zero-order valence-corrected chi connectivity index (χ0v) is 19.7. The molecule has 1 amide bonds. The van der Waals surface area contributed by atoms with E-state index in [1.165, 1.54) is 28.3 Å². The molecule has 3 aromatic rings. The van der Waals surface area contributed by atoms with Crippen molar-refractivity contribution < 1.29 is 13.2 Å². The van der Waals surface area contributed by atoms with Gasteiger partial charge in [0, 0.05) is 36.8 Å². The number of nitrogens with one attached hydrogen (secondary N) is 2. The van der Waals surface area contributed by atoms with E-state index in [1.807, 2.05) is 30.3 Å². The SMILES string of the molecule is O=C(CCNS(=O)(=O)C=Cc1ccccc1)NCC1CC2c3ccccc3C1c1ccccc12. The molecule has 0 spiro atoms. The van der Waals surface area contributed by atoms with Crippen LogP contribution in [0.1, 0.15) is 52.5 Å². The molecule has 0 radical (unpaired) electrons. The van der Waals surface area contributed by atoms with Gasteiger partial charge in [-0.05, 0) is 46.2 Å². The largest absolute Gasteiger partial charge is 0.356 e. The highest BCUT2D eigenvalue weighted by Crippen LogP contribution is 2.55. The molecule has 3 aliphatic rings. The maximum atomic E-state index is 12.5. The maximum absolute atomic E-state index is 12.5. The second-order valence-electron chi connectivity index (χ2n) is 8.99. The lowest BCUT2D eigenvalue weighted by molar-refractivity contribution is -0.121. The van der Waals surface area contributed by atoms with Crippen LogP contribution in [0.4, 0.5) is 0 Å². The van der Waals surface area contributed by atoms with Crippen LogP contribution in [0.25, 0.3) is 6.08 Å². The molecule has 6 rings (SSSR count). The molecule has 3 aromatic carbocycles. The lowest BCUT2D eigenvalue weighted by Gasteiger charge is -2.45. The summed E-state index contributed by atoms with van der Waals surface area (Å²) in [6, 6.07) is 26.5. The van der Waals surface area contributed by atoms with Crippen LogP contribution >= 0.6 is 0 Å². The molecule has 1 atom stereocenters. The topological polar surface area (TPSA) is 75.3 Å². The Bertz CT molecular complexity index is 1270. The predicted molar refractivity (Wildman–Crippen MR) is 135 cm³/mol. The second kappa shape index (κ2) is 9.57. The summed E-state index contributed by atoms with van der Waals surface area (Å²) >= 11 is 0. The molecule has 2 N–H and O–H groups in total. The van der Waals surface area contributed by atoms with Crippen molar-refractivity contribution in [2.75, 3.05) is 13.1 Å². The van der Waals surface area contributed by atoms with E-state index < -0.39 is 10.0 Å². The lowest BCUT2D eigenvalue weighted by atomic mass is 9.59. The Labute approximate surface area is 201 Å². The fraction of sp³-hybridized carbons (Fsp3) is 0.250. The first kappa shape index (κ1) is 22.6. The van der Waals surface area contributed by atoms with Crippen molar-refractivity contribution in [2.24, 2.45) is 5.92 Å². The van der Waals surface area contributed by atoms with Crippen LogP contribution in [0.2, 0.25) is 0 Å². The van der Waals surface area contributed by atoms with Crippen LogP contribution in [-0.2, 0) is 14.8 Å². The summed E-state index contributed by atoms with van der Waals surface area (Å²) in [6.45, 7) is 0.652. The first-order valence-corrected chi connectivity index (χ1v) is 13.2. The first-order valence-electron chi connectivity index (χ1n) is 11.7. The van der Waals surface area contributed by atoms with Gasteiger partial charge in [0.05, 0.1) is 0 Å². The summed E-state index contributed by atoms with van der Waals surface area (Å²) in [5.74, 6) is 0.823. The Morgan fingerprint density at radius 1 is 0.853 bits per heavy atom. The summed E-state index contributed by atoms with van der Waals surface area (Å²) < 4.78 is 26.8. The van der Waals surface area contributed by atoms with Crippen LogP contribution in [0.15, 0.2) is 84.3 Å². The number of benzene rings is 3. The van der Waals surface area contributed by atoms with Gasteiger partial charge in [0.2, 0.25) is 15.9 Å². The van der Waals surface area contributed by atoms with Crippen molar-refractivity contribution >= 4 is 22.0 Å². The minimum atomic E-state index is -3.60. The van der Waals surface area contributed by atoms with Gasteiger partial charge >= 0.3 is 0 Å². The fourth-order valence-corrected chi connectivity index (χ4v) is 6.20. The third-order valence-corrected chi connectivity index (χ3v) is 7.98. The number of fused-ring (bicyclic) bond motifs is 1. The third kappa shape index (κ3) is 4.69. The van der Waals surface area contributed by atoms with Crippen LogP contribution in [0.3, 0.4) is 0 Å². The smallest absolute Gasteiger partial charge is 0.233 e. The third-order valence-electron chi connectivity index (χ3n) is 6.88. The molecule has 0 aliphatic heterocycles. The number of hydrogen-bond acceptors (Lipinski definition) is 3. The molecule has 2 bridgehead atoms. The van der Waals surface area contributed by atoms with Gasteiger partial charge in [-0.3, -0.25) is 4.79 Å². The van der Waals surface area contributed by atoms with Gasteiger partial charge in [-0.25, -0.2) is 13.1 Å². The molecular weight excluding hydrogens is 444 g/mol. The van der Waals surface area contributed by atoms with E-state index in [4.69, 9.17) is 0 Å². The van der Waals surface area contributed by atoms with Crippen molar-refractivity contribution in [1.29, 1.82) is 0 Å². The van der Waals surface area contributed by atoms with Crippen molar-refractivity contribution in [3.63, 3.8) is 0 Å². The van der Waals surface area contributed by atoms with E-state index in [0.717, 1.165) is 17.4 Å². The van der Waals surface area contributed by atoms with Crippen molar-refractivity contribution in [2.45, 2.75) is 24.7 Å². The van der Waals surface area contributed by atoms with E-state index in [2.05, 4.69) is 58.6 Å². The lowest BCUT2D eigenvalue weighted by Crippen LogP contribution is -2.40. The number of carbonyl (C=O) groups is 1. The van der Waals surface area contributed by atoms with E-state index in [9.17, 15) is 13.2 Å². The van der Waals surface area contributed by atoms with E-state index in [1.54, 1.807) is 0 Å². The zero-order valence-electron chi connectivity index (χ0n) is 18.9. The molecule has 0 saturated carbocycles. The highest BCUT2D eigenvalue weighted by molar-refractivity contribution is 7.92. The Morgan fingerprint density at radius 2 is 1.44 bits per heavy atom. The molecule has 0 saturated heterocycles. The van der Waals surface area contributed by atoms with Gasteiger partial charge in [-0.2, -0.15) is 0 Å². The molecule has 5 nitrogen and oxygen atoms in total. The number of carbonyl (C=O) groups excluding carboxylic acids is 1. The van der Waals surface area contributed by atoms with Gasteiger partial charge < -0.3 is 5.32 Å². The maximum Gasteiger partial charge on any atom is 0.233 e. The molecule has 1 unspecified atom stereocenters. The average molecular weight is 473 g/mol. The summed E-state index contributed by atoms with van der Waals surface area (Å²) in [4.78, 5) is 12.5. The highest BCUT2D eigenvalue weighted by atomic mass is 32.2.